The summed E-state index contributed by atoms with van der Waals surface area (Å²) >= 11 is 0. The Kier molecular flexibility index (Phi) is 6.99. The number of fused-ring (bicyclic) bond motifs is 1. The van der Waals surface area contributed by atoms with Crippen molar-refractivity contribution in [2.75, 3.05) is 33.3 Å². The molecule has 3 aliphatic rings. The van der Waals surface area contributed by atoms with Crippen LogP contribution in [0.15, 0.2) is 77.3 Å². The largest absolute Gasteiger partial charge is 0.495 e. The Morgan fingerprint density at radius 3 is 2.16 bits per heavy atom. The molecule has 0 spiro atoms. The van der Waals surface area contributed by atoms with Crippen LogP contribution in [0, 0.1) is 0 Å². The van der Waals surface area contributed by atoms with Crippen molar-refractivity contribution < 1.29 is 13.2 Å². The van der Waals surface area contributed by atoms with Gasteiger partial charge < -0.3 is 4.74 Å². The first-order valence-corrected chi connectivity index (χ1v) is 11.8. The Labute approximate surface area is 190 Å². The smallest absolute Gasteiger partial charge is 0.328 e. The predicted octanol–water partition coefficient (Wildman–Crippen LogP) is 4.69. The third-order valence-electron chi connectivity index (χ3n) is 5.85. The molecule has 1 unspecified atom stereocenters. The standard InChI is InChI=1S/C13H10O.C12H17N3O2S/c1-14-13-11(7-10-8-12(10)13)9-5-3-2-4-6-9;1-2-14-8-9-15(13-18(16)17)10-12(14)11-6-4-3-5-7-11/h2-8H,1H3;3-7,12H,2,8-10H2,1H3. The average molecular weight is 450 g/mol. The fourth-order valence-electron chi connectivity index (χ4n) is 4.20. The highest BCUT2D eigenvalue weighted by atomic mass is 32.2. The van der Waals surface area contributed by atoms with E-state index in [1.807, 2.05) is 36.4 Å². The number of likely N-dealkylation sites (N-methyl/N-ethyl adjacent to an activating group) is 1. The summed E-state index contributed by atoms with van der Waals surface area (Å²) < 4.78 is 30.3. The highest BCUT2D eigenvalue weighted by Crippen LogP contribution is 2.50. The van der Waals surface area contributed by atoms with Crippen molar-refractivity contribution in [3.05, 3.63) is 78.4 Å². The van der Waals surface area contributed by atoms with E-state index in [4.69, 9.17) is 4.74 Å². The molecule has 1 atom stereocenters. The lowest BCUT2D eigenvalue weighted by molar-refractivity contribution is 0.0821. The zero-order valence-corrected chi connectivity index (χ0v) is 19.1. The molecule has 32 heavy (non-hydrogen) atoms. The first-order valence-electron chi connectivity index (χ1n) is 10.7. The molecule has 2 aromatic rings. The van der Waals surface area contributed by atoms with Crippen LogP contribution in [0.3, 0.4) is 0 Å². The van der Waals surface area contributed by atoms with Gasteiger partial charge in [0, 0.05) is 36.8 Å². The fourth-order valence-corrected chi connectivity index (χ4v) is 4.53. The van der Waals surface area contributed by atoms with Gasteiger partial charge in [-0.3, -0.25) is 4.90 Å². The Hall–Kier alpha value is -3.00. The zero-order valence-electron chi connectivity index (χ0n) is 18.3. The van der Waals surface area contributed by atoms with Crippen LogP contribution >= 0.6 is 0 Å². The maximum absolute atomic E-state index is 10.6. The highest BCUT2D eigenvalue weighted by molar-refractivity contribution is 7.61. The van der Waals surface area contributed by atoms with Crippen molar-refractivity contribution in [1.29, 1.82) is 0 Å². The van der Waals surface area contributed by atoms with E-state index in [-0.39, 0.29) is 6.04 Å². The van der Waals surface area contributed by atoms with E-state index in [0.717, 1.165) is 18.8 Å². The van der Waals surface area contributed by atoms with Gasteiger partial charge >= 0.3 is 10.5 Å². The maximum Gasteiger partial charge on any atom is 0.328 e. The van der Waals surface area contributed by atoms with E-state index in [1.165, 1.54) is 27.8 Å². The number of rotatable bonds is 5. The van der Waals surface area contributed by atoms with Crippen LogP contribution in [-0.4, -0.2) is 51.6 Å². The van der Waals surface area contributed by atoms with E-state index in [9.17, 15) is 8.42 Å². The highest BCUT2D eigenvalue weighted by Gasteiger charge is 2.27. The third kappa shape index (κ3) is 5.07. The van der Waals surface area contributed by atoms with Gasteiger partial charge in [-0.25, -0.2) is 0 Å². The minimum Gasteiger partial charge on any atom is -0.495 e. The molecule has 2 aliphatic carbocycles. The van der Waals surface area contributed by atoms with E-state index in [0.29, 0.717) is 13.1 Å². The molecule has 0 N–H and O–H groups in total. The van der Waals surface area contributed by atoms with Crippen molar-refractivity contribution in [1.82, 2.24) is 9.91 Å². The van der Waals surface area contributed by atoms with Crippen molar-refractivity contribution in [2.45, 2.75) is 13.0 Å². The average Bonchev–Trinajstić information content (AvgIpc) is 3.50. The van der Waals surface area contributed by atoms with E-state index in [1.54, 1.807) is 12.1 Å². The summed E-state index contributed by atoms with van der Waals surface area (Å²) in [5.41, 5.74) is 6.23. The minimum absolute atomic E-state index is 0.206. The molecule has 1 fully saturated rings. The summed E-state index contributed by atoms with van der Waals surface area (Å²) in [6.45, 7) is 5.18. The molecule has 0 bridgehead atoms. The second-order valence-corrected chi connectivity index (χ2v) is 8.33. The van der Waals surface area contributed by atoms with Crippen molar-refractivity contribution in [3.8, 4) is 28.0 Å². The number of hydrogen-bond acceptors (Lipinski definition) is 5. The van der Waals surface area contributed by atoms with Gasteiger partial charge in [0.05, 0.1) is 7.11 Å². The zero-order chi connectivity index (χ0) is 22.5. The SMILES string of the molecule is CCN1CCN(N=S(=O)=O)CC1c1ccccc1.COc1c(-c2ccccc2)cc2cc1-2. The normalized spacial score (nSPS) is 17.1. The van der Waals surface area contributed by atoms with Gasteiger partial charge in [-0.05, 0) is 35.4 Å². The number of nitrogens with zero attached hydrogens (tertiary/aromatic N) is 3. The van der Waals surface area contributed by atoms with Crippen molar-refractivity contribution in [3.63, 3.8) is 0 Å². The van der Waals surface area contributed by atoms with Crippen LogP contribution in [0.1, 0.15) is 18.5 Å². The molecule has 0 amide bonds. The van der Waals surface area contributed by atoms with Crippen molar-refractivity contribution in [2.24, 2.45) is 4.47 Å². The van der Waals surface area contributed by atoms with Crippen LogP contribution in [0.5, 0.6) is 5.75 Å². The first kappa shape index (κ1) is 22.2. The molecule has 1 saturated heterocycles. The molecule has 0 saturated carbocycles. The topological polar surface area (TPSA) is 62.2 Å². The molecular formula is C25H27N3O3S. The maximum atomic E-state index is 10.6. The molecule has 2 aromatic carbocycles. The summed E-state index contributed by atoms with van der Waals surface area (Å²) in [4.78, 5) is 2.34. The van der Waals surface area contributed by atoms with Gasteiger partial charge in [-0.15, -0.1) is 0 Å². The Bertz CT molecular complexity index is 1190. The number of hydrogen-bond donors (Lipinski definition) is 0. The summed E-state index contributed by atoms with van der Waals surface area (Å²) in [7, 11) is -0.635. The Morgan fingerprint density at radius 1 is 0.938 bits per heavy atom. The Balaban J connectivity index is 0.000000157. The quantitative estimate of drug-likeness (QED) is 0.443. The Morgan fingerprint density at radius 2 is 1.56 bits per heavy atom. The van der Waals surface area contributed by atoms with Crippen molar-refractivity contribution >= 4 is 10.5 Å². The van der Waals surface area contributed by atoms with Crippen LogP contribution in [0.4, 0.5) is 0 Å². The number of piperazine rings is 1. The monoisotopic (exact) mass is 449 g/mol. The lowest BCUT2D eigenvalue weighted by Gasteiger charge is -2.38. The fraction of sp³-hybridized carbons (Fsp3) is 0.280. The van der Waals surface area contributed by atoms with Crippen LogP contribution in [0.25, 0.3) is 22.3 Å². The van der Waals surface area contributed by atoms with E-state index >= 15 is 0 Å². The second-order valence-electron chi connectivity index (χ2n) is 7.74. The van der Waals surface area contributed by atoms with Crippen LogP contribution < -0.4 is 4.74 Å². The molecule has 0 aromatic heterocycles. The molecule has 6 nitrogen and oxygen atoms in total. The van der Waals surface area contributed by atoms with Gasteiger partial charge in [-0.2, -0.15) is 13.4 Å². The predicted molar refractivity (Wildman–Crippen MR) is 127 cm³/mol. The van der Waals surface area contributed by atoms with Gasteiger partial charge in [-0.1, -0.05) is 72.1 Å². The minimum atomic E-state index is -2.37. The van der Waals surface area contributed by atoms with Gasteiger partial charge in [0.15, 0.2) is 0 Å². The molecule has 0 radical (unpaired) electrons. The summed E-state index contributed by atoms with van der Waals surface area (Å²) in [6.07, 6.45) is 0. The van der Waals surface area contributed by atoms with Gasteiger partial charge in [0.25, 0.3) is 0 Å². The molecule has 166 valence electrons. The summed E-state index contributed by atoms with van der Waals surface area (Å²) in [6, 6.07) is 25.0. The van der Waals surface area contributed by atoms with Crippen LogP contribution in [-0.2, 0) is 10.5 Å². The van der Waals surface area contributed by atoms with Gasteiger partial charge in [0.2, 0.25) is 0 Å². The van der Waals surface area contributed by atoms with Gasteiger partial charge in [0.1, 0.15) is 5.75 Å². The third-order valence-corrected chi connectivity index (χ3v) is 6.21. The summed E-state index contributed by atoms with van der Waals surface area (Å²) in [5, 5.41) is 1.63. The molecule has 1 heterocycles. The lowest BCUT2D eigenvalue weighted by atomic mass is 10.0. The second kappa shape index (κ2) is 10.1. The molecule has 7 heteroatoms. The van der Waals surface area contributed by atoms with E-state index in [2.05, 4.69) is 52.7 Å². The lowest BCUT2D eigenvalue weighted by Crippen LogP contribution is -2.46. The number of benzene rings is 3. The molecular weight excluding hydrogens is 422 g/mol. The summed E-state index contributed by atoms with van der Waals surface area (Å²) in [5.74, 6) is 1.02. The molecule has 5 rings (SSSR count). The van der Waals surface area contributed by atoms with Crippen LogP contribution in [0.2, 0.25) is 0 Å². The number of methoxy groups -OCH3 is 1. The number of ether oxygens (including phenoxy) is 1. The first-order chi connectivity index (χ1) is 15.6. The molecule has 1 aliphatic heterocycles. The van der Waals surface area contributed by atoms with E-state index < -0.39 is 10.5 Å².